The summed E-state index contributed by atoms with van der Waals surface area (Å²) in [6, 6.07) is 0. The van der Waals surface area contributed by atoms with Crippen LogP contribution in [0.1, 0.15) is 12.8 Å². The van der Waals surface area contributed by atoms with Gasteiger partial charge >= 0.3 is 0 Å². The molecule has 0 aromatic carbocycles. The van der Waals surface area contributed by atoms with Crippen molar-refractivity contribution in [1.82, 2.24) is 68.3 Å². The fourth-order valence-electron chi connectivity index (χ4n) is 5.10. The topological polar surface area (TPSA) is 251 Å². The van der Waals surface area contributed by atoms with Gasteiger partial charge in [0.2, 0.25) is 11.8 Å². The van der Waals surface area contributed by atoms with Gasteiger partial charge in [0.1, 0.15) is 0 Å². The number of nitrogens with two attached hydrogens (primary N) is 3. The smallest absolute Gasteiger partial charge is 0.223 e. The van der Waals surface area contributed by atoms with E-state index in [4.69, 9.17) is 17.2 Å². The van der Waals surface area contributed by atoms with Crippen molar-refractivity contribution in [2.75, 3.05) is 202 Å². The van der Waals surface area contributed by atoms with Crippen LogP contribution < -0.4 is 75.7 Å². The number of hydrogen-bond donors (Lipinski definition) is 14. The maximum absolute atomic E-state index is 13.2. The second kappa shape index (κ2) is 45.8. The van der Waals surface area contributed by atoms with Crippen LogP contribution in [0.25, 0.3) is 0 Å². The van der Waals surface area contributed by atoms with Crippen LogP contribution in [0.3, 0.4) is 0 Å². The molecule has 20 heteroatoms. The number of rotatable bonds is 46. The van der Waals surface area contributed by atoms with Crippen LogP contribution in [0.5, 0.6) is 0 Å². The van der Waals surface area contributed by atoms with Crippen molar-refractivity contribution in [3.05, 3.63) is 0 Å². The van der Waals surface area contributed by atoms with E-state index >= 15 is 0 Å². The van der Waals surface area contributed by atoms with E-state index < -0.39 is 0 Å². The molecule has 0 radical (unpaired) electrons. The molecule has 0 atom stereocenters. The molecule has 0 rings (SSSR count). The number of amides is 2. The summed E-state index contributed by atoms with van der Waals surface area (Å²) >= 11 is 0. The van der Waals surface area contributed by atoms with Crippen molar-refractivity contribution in [1.29, 1.82) is 0 Å². The molecule has 0 aliphatic carbocycles. The minimum Gasteiger partial charge on any atom is -0.340 e. The SMILES string of the molecule is CNCCNCCNCCNCCN(CCNCCNCCN)C(=O)CCSSCCC(=O)N(CCNCCN)CCNCCNCCNCCNCCN. The third kappa shape index (κ3) is 39.7. The first kappa shape index (κ1) is 54.1. The van der Waals surface area contributed by atoms with Crippen molar-refractivity contribution in [3.8, 4) is 0 Å². The van der Waals surface area contributed by atoms with Gasteiger partial charge in [-0.2, -0.15) is 0 Å². The van der Waals surface area contributed by atoms with Crippen molar-refractivity contribution >= 4 is 33.4 Å². The highest BCUT2D eigenvalue weighted by Crippen LogP contribution is 2.23. The summed E-state index contributed by atoms with van der Waals surface area (Å²) < 4.78 is 0. The van der Waals surface area contributed by atoms with Crippen LogP contribution in [0.15, 0.2) is 0 Å². The number of likely N-dealkylation sites (N-methyl/N-ethyl adjacent to an activating group) is 1. The average molecular weight is 825 g/mol. The van der Waals surface area contributed by atoms with Gasteiger partial charge in [0.25, 0.3) is 0 Å². The van der Waals surface area contributed by atoms with Gasteiger partial charge in [-0.15, -0.1) is 0 Å². The molecule has 0 aromatic rings. The summed E-state index contributed by atoms with van der Waals surface area (Å²) in [5.74, 6) is 1.76. The summed E-state index contributed by atoms with van der Waals surface area (Å²) in [4.78, 5) is 30.2. The predicted octanol–water partition coefficient (Wildman–Crippen LogP) is -5.20. The lowest BCUT2D eigenvalue weighted by molar-refractivity contribution is -0.131. The van der Waals surface area contributed by atoms with E-state index in [0.717, 1.165) is 143 Å². The molecule has 0 unspecified atom stereocenters. The van der Waals surface area contributed by atoms with Crippen LogP contribution in [0, 0.1) is 0 Å². The van der Waals surface area contributed by atoms with Crippen molar-refractivity contribution in [3.63, 3.8) is 0 Å². The number of carbonyl (C=O) groups is 2. The molecule has 2 amide bonds. The number of hydrogen-bond acceptors (Lipinski definition) is 18. The van der Waals surface area contributed by atoms with Gasteiger partial charge in [0, 0.05) is 208 Å². The monoisotopic (exact) mass is 825 g/mol. The Labute approximate surface area is 342 Å². The molecule has 0 heterocycles. The van der Waals surface area contributed by atoms with E-state index in [1.165, 1.54) is 0 Å². The number of nitrogens with zero attached hydrogens (tertiary/aromatic N) is 2. The zero-order chi connectivity index (χ0) is 40.1. The lowest BCUT2D eigenvalue weighted by Gasteiger charge is -2.24. The molecule has 0 saturated heterocycles. The molecule has 18 nitrogen and oxygen atoms in total. The number of nitrogens with one attached hydrogen (secondary N) is 11. The van der Waals surface area contributed by atoms with Gasteiger partial charge in [0.05, 0.1) is 0 Å². The first-order valence-corrected chi connectivity index (χ1v) is 23.2. The van der Waals surface area contributed by atoms with Gasteiger partial charge in [0.15, 0.2) is 0 Å². The summed E-state index contributed by atoms with van der Waals surface area (Å²) in [5, 5.41) is 37.0. The molecular weight excluding hydrogens is 741 g/mol. The van der Waals surface area contributed by atoms with Crippen molar-refractivity contribution < 1.29 is 9.59 Å². The molecule has 0 saturated carbocycles. The quantitative estimate of drug-likeness (QED) is 0.0203. The molecule has 0 aliphatic heterocycles. The Hall–Kier alpha value is -0.920. The summed E-state index contributed by atoms with van der Waals surface area (Å²) in [6.45, 7) is 22.6. The Morgan fingerprint density at radius 2 is 0.618 bits per heavy atom. The summed E-state index contributed by atoms with van der Waals surface area (Å²) in [5.41, 5.74) is 16.7. The molecule has 0 aromatic heterocycles. The van der Waals surface area contributed by atoms with Gasteiger partial charge in [-0.3, -0.25) is 9.59 Å². The zero-order valence-corrected chi connectivity index (χ0v) is 36.0. The van der Waals surface area contributed by atoms with Gasteiger partial charge in [-0.05, 0) is 7.05 Å². The normalized spacial score (nSPS) is 11.4. The van der Waals surface area contributed by atoms with Crippen LogP contribution in [-0.2, 0) is 9.59 Å². The fourth-order valence-corrected chi connectivity index (χ4v) is 7.06. The largest absolute Gasteiger partial charge is 0.340 e. The molecule has 0 fully saturated rings. The maximum atomic E-state index is 13.2. The Balaban J connectivity index is 4.40. The summed E-state index contributed by atoms with van der Waals surface area (Å²) in [7, 11) is 5.30. The summed E-state index contributed by atoms with van der Waals surface area (Å²) in [6.07, 6.45) is 0.957. The third-order valence-electron chi connectivity index (χ3n) is 8.21. The highest BCUT2D eigenvalue weighted by molar-refractivity contribution is 8.76. The minimum absolute atomic E-state index is 0.159. The second-order valence-corrected chi connectivity index (χ2v) is 15.6. The van der Waals surface area contributed by atoms with Crippen molar-refractivity contribution in [2.45, 2.75) is 12.8 Å². The molecule has 0 spiro atoms. The van der Waals surface area contributed by atoms with E-state index in [2.05, 4.69) is 58.5 Å². The molecule has 328 valence electrons. The van der Waals surface area contributed by atoms with Crippen molar-refractivity contribution in [2.24, 2.45) is 17.2 Å². The van der Waals surface area contributed by atoms with Crippen LogP contribution in [0.4, 0.5) is 0 Å². The van der Waals surface area contributed by atoms with E-state index in [0.29, 0.717) is 64.4 Å². The first-order valence-electron chi connectivity index (χ1n) is 20.7. The van der Waals surface area contributed by atoms with E-state index in [1.54, 1.807) is 21.6 Å². The van der Waals surface area contributed by atoms with Gasteiger partial charge in [-0.1, -0.05) is 21.6 Å². The lowest BCUT2D eigenvalue weighted by Crippen LogP contribution is -2.43. The van der Waals surface area contributed by atoms with Crippen LogP contribution in [0.2, 0.25) is 0 Å². The van der Waals surface area contributed by atoms with E-state index in [1.807, 2.05) is 16.8 Å². The van der Waals surface area contributed by atoms with Gasteiger partial charge in [-0.25, -0.2) is 0 Å². The van der Waals surface area contributed by atoms with E-state index in [-0.39, 0.29) is 11.8 Å². The highest BCUT2D eigenvalue weighted by atomic mass is 33.1. The standard InChI is InChI=1S/C35H84N16O2S2/c1-39-10-11-43-15-16-45-19-22-49-27-31-51(30-25-47-21-13-41-8-5-37)35(53)3-33-55-54-32-2-34(52)50(28-24-42-9-6-38)29-26-48-23-20-46-18-17-44-14-12-40-7-4-36/h39-49H,2-33,36-38H2,1H3. The van der Waals surface area contributed by atoms with Gasteiger partial charge < -0.3 is 85.5 Å². The second-order valence-electron chi connectivity index (χ2n) is 12.9. The number of carbonyl (C=O) groups excluding carboxylic acids is 2. The Morgan fingerprint density at radius 1 is 0.382 bits per heavy atom. The van der Waals surface area contributed by atoms with Crippen LogP contribution in [-0.4, -0.2) is 223 Å². The zero-order valence-electron chi connectivity index (χ0n) is 34.4. The van der Waals surface area contributed by atoms with E-state index in [9.17, 15) is 9.59 Å². The first-order chi connectivity index (χ1) is 27.1. The Kier molecular flexibility index (Phi) is 45.0. The minimum atomic E-state index is 0.159. The lowest BCUT2D eigenvalue weighted by atomic mass is 10.3. The molecule has 17 N–H and O–H groups in total. The predicted molar refractivity (Wildman–Crippen MR) is 237 cm³/mol. The maximum Gasteiger partial charge on any atom is 0.223 e. The fraction of sp³-hybridized carbons (Fsp3) is 0.943. The molecule has 0 bridgehead atoms. The Morgan fingerprint density at radius 3 is 0.891 bits per heavy atom. The highest BCUT2D eigenvalue weighted by Gasteiger charge is 2.15. The average Bonchev–Trinajstić information content (AvgIpc) is 3.19. The molecule has 55 heavy (non-hydrogen) atoms. The molecular formula is C35H84N16O2S2. The third-order valence-corrected chi connectivity index (χ3v) is 10.6. The Bertz CT molecular complexity index is 816. The molecule has 0 aliphatic rings. The van der Waals surface area contributed by atoms with Crippen LogP contribution >= 0.6 is 21.6 Å².